The number of fused-ring (bicyclic) bond motifs is 1. The van der Waals surface area contributed by atoms with Gasteiger partial charge < -0.3 is 19.9 Å². The second-order valence-electron chi connectivity index (χ2n) is 10.9. The highest BCUT2D eigenvalue weighted by Gasteiger charge is 2.40. The van der Waals surface area contributed by atoms with Crippen LogP contribution in [0, 0.1) is 5.41 Å². The monoisotopic (exact) mass is 483 g/mol. The summed E-state index contributed by atoms with van der Waals surface area (Å²) in [4.78, 5) is 45.6. The van der Waals surface area contributed by atoms with Crippen molar-refractivity contribution >= 4 is 17.9 Å². The fourth-order valence-corrected chi connectivity index (χ4v) is 4.12. The summed E-state index contributed by atoms with van der Waals surface area (Å²) < 4.78 is 7.63. The predicted molar refractivity (Wildman–Crippen MR) is 134 cm³/mol. The number of rotatable bonds is 4. The second-order valence-corrected chi connectivity index (χ2v) is 10.9. The predicted octanol–water partition coefficient (Wildman–Crippen LogP) is 2.99. The van der Waals surface area contributed by atoms with Crippen molar-refractivity contribution in [2.75, 3.05) is 13.6 Å². The van der Waals surface area contributed by atoms with Crippen molar-refractivity contribution in [2.24, 2.45) is 5.41 Å². The molecule has 0 radical (unpaired) electrons. The van der Waals surface area contributed by atoms with E-state index in [2.05, 4.69) is 15.6 Å². The molecular weight excluding hydrogens is 446 g/mol. The number of hydrogen-bond acceptors (Lipinski definition) is 5. The summed E-state index contributed by atoms with van der Waals surface area (Å²) >= 11 is 0. The molecular formula is C26H37N5O4. The Kier molecular flexibility index (Phi) is 7.57. The summed E-state index contributed by atoms with van der Waals surface area (Å²) in [7, 11) is 1.54. The summed E-state index contributed by atoms with van der Waals surface area (Å²) in [6, 6.07) is 8.05. The molecule has 1 aromatic carbocycles. The van der Waals surface area contributed by atoms with Gasteiger partial charge >= 0.3 is 6.09 Å². The zero-order chi connectivity index (χ0) is 26.0. The van der Waals surface area contributed by atoms with Crippen LogP contribution in [-0.4, -0.2) is 63.6 Å². The first kappa shape index (κ1) is 26.2. The molecule has 0 aliphatic carbocycles. The minimum absolute atomic E-state index is 0.190. The van der Waals surface area contributed by atoms with Crippen molar-refractivity contribution in [1.29, 1.82) is 0 Å². The number of benzene rings is 1. The average molecular weight is 484 g/mol. The Morgan fingerprint density at radius 1 is 1.09 bits per heavy atom. The van der Waals surface area contributed by atoms with Crippen LogP contribution in [0.2, 0.25) is 0 Å². The number of imidazole rings is 1. The van der Waals surface area contributed by atoms with Crippen LogP contribution in [-0.2, 0) is 27.3 Å². The minimum Gasteiger partial charge on any atom is -0.444 e. The van der Waals surface area contributed by atoms with Gasteiger partial charge in [-0.05, 0) is 26.2 Å². The number of hydrogen-bond donors (Lipinski definition) is 2. The lowest BCUT2D eigenvalue weighted by Gasteiger charge is -2.35. The molecule has 0 bridgehead atoms. The zero-order valence-electron chi connectivity index (χ0n) is 21.7. The lowest BCUT2D eigenvalue weighted by Crippen LogP contribution is -2.59. The summed E-state index contributed by atoms with van der Waals surface area (Å²) in [6.07, 6.45) is 1.74. The van der Waals surface area contributed by atoms with E-state index in [4.69, 9.17) is 4.74 Å². The van der Waals surface area contributed by atoms with Gasteiger partial charge in [-0.2, -0.15) is 0 Å². The van der Waals surface area contributed by atoms with Gasteiger partial charge in [0.05, 0.1) is 6.54 Å². The highest BCUT2D eigenvalue weighted by molar-refractivity contribution is 5.91. The quantitative estimate of drug-likeness (QED) is 0.696. The van der Waals surface area contributed by atoms with E-state index in [9.17, 15) is 14.4 Å². The molecule has 190 valence electrons. The largest absolute Gasteiger partial charge is 0.444 e. The van der Waals surface area contributed by atoms with Gasteiger partial charge in [0.25, 0.3) is 0 Å². The standard InChI is InChI=1S/C26H37N5O4/c1-25(2,3)20(23(33)27-7)29-22(32)19-16-31-18(13-14-30(19)24(34)35-26(4,5)6)15-28-21(31)17-11-9-8-10-12-17/h8-12,15,19-20H,13-14,16H2,1-7H3,(H,27,33)(H,29,32)/t19-,20?/m0/s1. The maximum Gasteiger partial charge on any atom is 0.411 e. The van der Waals surface area contributed by atoms with E-state index in [0.29, 0.717) is 6.42 Å². The maximum absolute atomic E-state index is 13.7. The molecule has 0 spiro atoms. The van der Waals surface area contributed by atoms with Crippen molar-refractivity contribution in [2.45, 2.75) is 72.2 Å². The van der Waals surface area contributed by atoms with E-state index in [1.54, 1.807) is 27.0 Å². The van der Waals surface area contributed by atoms with Crippen LogP contribution < -0.4 is 10.6 Å². The normalized spacial score (nSPS) is 17.1. The summed E-state index contributed by atoms with van der Waals surface area (Å²) in [6.45, 7) is 11.5. The van der Waals surface area contributed by atoms with E-state index in [-0.39, 0.29) is 19.0 Å². The van der Waals surface area contributed by atoms with Gasteiger partial charge in [0.2, 0.25) is 11.8 Å². The first-order valence-electron chi connectivity index (χ1n) is 11.9. The summed E-state index contributed by atoms with van der Waals surface area (Å²) in [5.41, 5.74) is 0.590. The van der Waals surface area contributed by atoms with Crippen molar-refractivity contribution in [3.63, 3.8) is 0 Å². The number of carbonyl (C=O) groups is 3. The third-order valence-corrected chi connectivity index (χ3v) is 5.90. The highest BCUT2D eigenvalue weighted by atomic mass is 16.6. The van der Waals surface area contributed by atoms with E-state index in [1.807, 2.05) is 55.7 Å². The van der Waals surface area contributed by atoms with Gasteiger partial charge in [0.15, 0.2) is 0 Å². The van der Waals surface area contributed by atoms with Gasteiger partial charge in [0.1, 0.15) is 23.5 Å². The fraction of sp³-hybridized carbons (Fsp3) is 0.538. The van der Waals surface area contributed by atoms with E-state index >= 15 is 0 Å². The highest BCUT2D eigenvalue weighted by Crippen LogP contribution is 2.26. The summed E-state index contributed by atoms with van der Waals surface area (Å²) in [5, 5.41) is 5.53. The van der Waals surface area contributed by atoms with Crippen LogP contribution in [0.5, 0.6) is 0 Å². The Hall–Kier alpha value is -3.36. The number of likely N-dealkylation sites (N-methyl/N-ethyl adjacent to an activating group) is 1. The van der Waals surface area contributed by atoms with Crippen LogP contribution >= 0.6 is 0 Å². The molecule has 1 aliphatic rings. The molecule has 2 heterocycles. The van der Waals surface area contributed by atoms with E-state index in [1.165, 1.54) is 11.9 Å². The lowest BCUT2D eigenvalue weighted by molar-refractivity contribution is -0.134. The third kappa shape index (κ3) is 6.21. The van der Waals surface area contributed by atoms with Crippen LogP contribution in [0.1, 0.15) is 47.2 Å². The molecule has 2 N–H and O–H groups in total. The lowest BCUT2D eigenvalue weighted by atomic mass is 9.86. The Morgan fingerprint density at radius 3 is 2.31 bits per heavy atom. The Morgan fingerprint density at radius 2 is 1.74 bits per heavy atom. The van der Waals surface area contributed by atoms with Crippen molar-refractivity contribution in [3.05, 3.63) is 42.2 Å². The molecule has 0 fully saturated rings. The fourth-order valence-electron chi connectivity index (χ4n) is 4.12. The zero-order valence-corrected chi connectivity index (χ0v) is 21.7. The van der Waals surface area contributed by atoms with Gasteiger partial charge in [-0.3, -0.25) is 14.5 Å². The number of ether oxygens (including phenoxy) is 1. The Bertz CT molecular complexity index is 1070. The second kappa shape index (κ2) is 10.1. The molecule has 3 amide bonds. The minimum atomic E-state index is -0.891. The number of aromatic nitrogens is 2. The number of carbonyl (C=O) groups excluding carboxylic acids is 3. The van der Waals surface area contributed by atoms with Crippen molar-refractivity contribution in [3.8, 4) is 11.4 Å². The first-order valence-corrected chi connectivity index (χ1v) is 11.9. The van der Waals surface area contributed by atoms with Crippen LogP contribution in [0.15, 0.2) is 36.5 Å². The molecule has 0 saturated carbocycles. The maximum atomic E-state index is 13.7. The van der Waals surface area contributed by atoms with E-state index < -0.39 is 35.1 Å². The molecule has 35 heavy (non-hydrogen) atoms. The van der Waals surface area contributed by atoms with Gasteiger partial charge in [-0.15, -0.1) is 0 Å². The average Bonchev–Trinajstić information content (AvgIpc) is 3.07. The topological polar surface area (TPSA) is 106 Å². The molecule has 9 heteroatoms. The van der Waals surface area contributed by atoms with Crippen molar-refractivity contribution < 1.29 is 19.1 Å². The van der Waals surface area contributed by atoms with Crippen LogP contribution in [0.3, 0.4) is 0 Å². The third-order valence-electron chi connectivity index (χ3n) is 5.90. The molecule has 1 unspecified atom stereocenters. The molecule has 2 aromatic rings. The molecule has 1 aromatic heterocycles. The van der Waals surface area contributed by atoms with Crippen LogP contribution in [0.25, 0.3) is 11.4 Å². The molecule has 0 saturated heterocycles. The Balaban J connectivity index is 2.00. The molecule has 2 atom stereocenters. The van der Waals surface area contributed by atoms with Crippen LogP contribution in [0.4, 0.5) is 4.79 Å². The SMILES string of the molecule is CNC(=O)C(NC(=O)[C@@H]1Cn2c(cnc2-c2ccccc2)CCN1C(=O)OC(C)(C)C)C(C)(C)C. The smallest absolute Gasteiger partial charge is 0.411 e. The number of amides is 3. The number of nitrogens with zero attached hydrogens (tertiary/aromatic N) is 3. The Labute approximate surface area is 207 Å². The molecule has 1 aliphatic heterocycles. The molecule has 3 rings (SSSR count). The van der Waals surface area contributed by atoms with Gasteiger partial charge in [0, 0.05) is 37.5 Å². The van der Waals surface area contributed by atoms with E-state index in [0.717, 1.165) is 17.1 Å². The van der Waals surface area contributed by atoms with Crippen molar-refractivity contribution in [1.82, 2.24) is 25.1 Å². The first-order chi connectivity index (χ1) is 16.3. The van der Waals surface area contributed by atoms with Gasteiger partial charge in [-0.25, -0.2) is 9.78 Å². The number of nitrogens with one attached hydrogen (secondary N) is 2. The van der Waals surface area contributed by atoms with Gasteiger partial charge in [-0.1, -0.05) is 51.1 Å². The molecule has 9 nitrogen and oxygen atoms in total. The summed E-state index contributed by atoms with van der Waals surface area (Å²) in [5.74, 6) is 0.0136.